The number of fused-ring (bicyclic) bond motifs is 2. The number of esters is 1. The predicted octanol–water partition coefficient (Wildman–Crippen LogP) is 1.12. The minimum absolute atomic E-state index is 0.0398. The summed E-state index contributed by atoms with van der Waals surface area (Å²) in [4.78, 5) is 38.2. The summed E-state index contributed by atoms with van der Waals surface area (Å²) in [5, 5.41) is 21.4. The van der Waals surface area contributed by atoms with Gasteiger partial charge in [-0.05, 0) is 30.6 Å². The molecule has 4 rings (SSSR count). The molecule has 0 amide bonds. The van der Waals surface area contributed by atoms with E-state index in [4.69, 9.17) is 4.74 Å². The molecule has 10 unspecified atom stereocenters. The van der Waals surface area contributed by atoms with E-state index in [0.29, 0.717) is 12.8 Å². The van der Waals surface area contributed by atoms with E-state index in [1.807, 2.05) is 20.8 Å². The van der Waals surface area contributed by atoms with Crippen LogP contribution in [0.1, 0.15) is 47.0 Å². The highest BCUT2D eigenvalue weighted by Crippen LogP contribution is 2.67. The van der Waals surface area contributed by atoms with Gasteiger partial charge in [-0.15, -0.1) is 0 Å². The maximum Gasteiger partial charge on any atom is 0.306 e. The first-order valence-electron chi connectivity index (χ1n) is 9.68. The first kappa shape index (κ1) is 18.1. The highest BCUT2D eigenvalue weighted by Gasteiger charge is 2.73. The van der Waals surface area contributed by atoms with Gasteiger partial charge in [-0.2, -0.15) is 0 Å². The van der Waals surface area contributed by atoms with Gasteiger partial charge in [0.05, 0.1) is 0 Å². The molecule has 0 bridgehead atoms. The average Bonchev–Trinajstić information content (AvgIpc) is 2.56. The Morgan fingerprint density at radius 2 is 1.69 bits per heavy atom. The number of Topliss-reactive ketones (excluding diaryl/α,β-unsaturated/α-hetero) is 2. The molecule has 1 saturated heterocycles. The third-order valence-corrected chi connectivity index (χ3v) is 8.48. The van der Waals surface area contributed by atoms with Crippen LogP contribution in [-0.4, -0.2) is 46.1 Å². The van der Waals surface area contributed by atoms with Gasteiger partial charge < -0.3 is 14.9 Å². The molecule has 144 valence electrons. The van der Waals surface area contributed by atoms with Crippen LogP contribution in [-0.2, 0) is 19.1 Å². The molecule has 3 aliphatic carbocycles. The van der Waals surface area contributed by atoms with E-state index in [0.717, 1.165) is 0 Å². The molecular weight excluding hydrogens is 336 g/mol. The molecule has 0 aromatic rings. The van der Waals surface area contributed by atoms with Crippen LogP contribution in [0.15, 0.2) is 0 Å². The van der Waals surface area contributed by atoms with E-state index in [1.54, 1.807) is 6.92 Å². The molecule has 4 aliphatic rings. The van der Waals surface area contributed by atoms with Crippen molar-refractivity contribution in [1.82, 2.24) is 0 Å². The van der Waals surface area contributed by atoms with Crippen LogP contribution >= 0.6 is 0 Å². The highest BCUT2D eigenvalue weighted by molar-refractivity contribution is 5.94. The van der Waals surface area contributed by atoms with Crippen molar-refractivity contribution in [3.05, 3.63) is 0 Å². The van der Waals surface area contributed by atoms with Gasteiger partial charge in [0.2, 0.25) is 0 Å². The molecule has 10 atom stereocenters. The second-order valence-corrected chi connectivity index (χ2v) is 9.49. The monoisotopic (exact) mass is 364 g/mol. The summed E-state index contributed by atoms with van der Waals surface area (Å²) in [6.45, 7) is 7.53. The lowest BCUT2D eigenvalue weighted by molar-refractivity contribution is -0.255. The second-order valence-electron chi connectivity index (χ2n) is 9.49. The molecule has 2 N–H and O–H groups in total. The fraction of sp³-hybridized carbons (Fsp3) is 0.850. The van der Waals surface area contributed by atoms with Gasteiger partial charge in [-0.1, -0.05) is 27.7 Å². The molecule has 6 heteroatoms. The van der Waals surface area contributed by atoms with Crippen LogP contribution in [0, 0.1) is 40.4 Å². The number of aliphatic hydroxyl groups excluding tert-OH is 2. The standard InChI is InChI=1S/C20H28O6/c1-8-5-12(21)18(25)20(4)10(8)6-13-19(3)11(7-14(22)26-13)9(2)15(23)16(24)17(19)20/h8-13,16-17,21,24H,5-7H2,1-4H3. The van der Waals surface area contributed by atoms with Crippen molar-refractivity contribution in [3.63, 3.8) is 0 Å². The lowest BCUT2D eigenvalue weighted by atomic mass is 9.38. The Morgan fingerprint density at radius 3 is 2.35 bits per heavy atom. The molecule has 0 spiro atoms. The normalized spacial score (nSPS) is 56.5. The maximum absolute atomic E-state index is 13.2. The van der Waals surface area contributed by atoms with Crippen molar-refractivity contribution in [3.8, 4) is 0 Å². The summed E-state index contributed by atoms with van der Waals surface area (Å²) >= 11 is 0. The quantitative estimate of drug-likeness (QED) is 0.625. The zero-order chi connectivity index (χ0) is 19.2. The van der Waals surface area contributed by atoms with E-state index in [2.05, 4.69) is 0 Å². The Bertz CT molecular complexity index is 688. The molecule has 0 aromatic carbocycles. The summed E-state index contributed by atoms with van der Waals surface area (Å²) in [5.74, 6) is -2.33. The summed E-state index contributed by atoms with van der Waals surface area (Å²) in [7, 11) is 0. The van der Waals surface area contributed by atoms with Crippen LogP contribution in [0.3, 0.4) is 0 Å². The van der Waals surface area contributed by atoms with Crippen molar-refractivity contribution in [2.45, 2.75) is 65.3 Å². The fourth-order valence-corrected chi connectivity index (χ4v) is 7.21. The van der Waals surface area contributed by atoms with Crippen LogP contribution in [0.25, 0.3) is 0 Å². The van der Waals surface area contributed by atoms with Crippen molar-refractivity contribution in [1.29, 1.82) is 0 Å². The van der Waals surface area contributed by atoms with E-state index in [-0.39, 0.29) is 41.7 Å². The lowest BCUT2D eigenvalue weighted by Crippen LogP contribution is -2.73. The summed E-state index contributed by atoms with van der Waals surface area (Å²) < 4.78 is 5.73. The molecule has 0 radical (unpaired) electrons. The summed E-state index contributed by atoms with van der Waals surface area (Å²) in [6.07, 6.45) is -1.72. The largest absolute Gasteiger partial charge is 0.462 e. The zero-order valence-electron chi connectivity index (χ0n) is 15.8. The number of rotatable bonds is 0. The van der Waals surface area contributed by atoms with Crippen molar-refractivity contribution in [2.75, 3.05) is 0 Å². The number of carbonyl (C=O) groups is 3. The van der Waals surface area contributed by atoms with Crippen molar-refractivity contribution >= 4 is 17.5 Å². The Kier molecular flexibility index (Phi) is 3.75. The minimum Gasteiger partial charge on any atom is -0.462 e. The summed E-state index contributed by atoms with van der Waals surface area (Å²) in [5.41, 5.74) is -1.65. The molecule has 26 heavy (non-hydrogen) atoms. The van der Waals surface area contributed by atoms with E-state index >= 15 is 0 Å². The smallest absolute Gasteiger partial charge is 0.306 e. The Labute approximate surface area is 153 Å². The minimum atomic E-state index is -1.28. The Hall–Kier alpha value is -1.27. The molecule has 6 nitrogen and oxygen atoms in total. The van der Waals surface area contributed by atoms with Gasteiger partial charge in [0.1, 0.15) is 18.3 Å². The number of carbonyl (C=O) groups excluding carboxylic acids is 3. The van der Waals surface area contributed by atoms with Gasteiger partial charge in [0, 0.05) is 29.1 Å². The van der Waals surface area contributed by atoms with Gasteiger partial charge in [0.15, 0.2) is 11.6 Å². The van der Waals surface area contributed by atoms with Crippen LogP contribution in [0.2, 0.25) is 0 Å². The molecule has 1 aliphatic heterocycles. The highest BCUT2D eigenvalue weighted by atomic mass is 16.5. The van der Waals surface area contributed by atoms with E-state index in [1.165, 1.54) is 0 Å². The van der Waals surface area contributed by atoms with Gasteiger partial charge in [0.25, 0.3) is 0 Å². The number of ketones is 2. The molecule has 4 fully saturated rings. The molecule has 3 saturated carbocycles. The van der Waals surface area contributed by atoms with E-state index in [9.17, 15) is 24.6 Å². The summed E-state index contributed by atoms with van der Waals surface area (Å²) in [6, 6.07) is 0. The lowest BCUT2D eigenvalue weighted by Gasteiger charge is -2.67. The van der Waals surface area contributed by atoms with Crippen molar-refractivity contribution < 1.29 is 29.3 Å². The van der Waals surface area contributed by atoms with Crippen LogP contribution < -0.4 is 0 Å². The van der Waals surface area contributed by atoms with Crippen LogP contribution in [0.5, 0.6) is 0 Å². The maximum atomic E-state index is 13.2. The topological polar surface area (TPSA) is 101 Å². The number of hydrogen-bond donors (Lipinski definition) is 2. The Morgan fingerprint density at radius 1 is 1.04 bits per heavy atom. The second kappa shape index (κ2) is 5.38. The molecular formula is C20H28O6. The van der Waals surface area contributed by atoms with Gasteiger partial charge >= 0.3 is 5.97 Å². The number of hydrogen-bond acceptors (Lipinski definition) is 6. The van der Waals surface area contributed by atoms with Crippen molar-refractivity contribution in [2.24, 2.45) is 40.4 Å². The predicted molar refractivity (Wildman–Crippen MR) is 90.8 cm³/mol. The van der Waals surface area contributed by atoms with E-state index < -0.39 is 41.0 Å². The number of aliphatic hydroxyl groups is 2. The fourth-order valence-electron chi connectivity index (χ4n) is 7.21. The molecule has 1 heterocycles. The van der Waals surface area contributed by atoms with Gasteiger partial charge in [-0.25, -0.2) is 0 Å². The average molecular weight is 364 g/mol. The molecule has 0 aromatic heterocycles. The zero-order valence-corrected chi connectivity index (χ0v) is 15.8. The Balaban J connectivity index is 1.92. The third-order valence-electron chi connectivity index (χ3n) is 8.48. The third kappa shape index (κ3) is 1.92. The number of ether oxygens (including phenoxy) is 1. The SMILES string of the molecule is CC1CC(O)C(=O)C2(C)C1CC1OC(=O)CC3C(C)C(=O)C(O)C2C13C. The van der Waals surface area contributed by atoms with Gasteiger partial charge in [-0.3, -0.25) is 14.4 Å². The first-order chi connectivity index (χ1) is 12.0. The first-order valence-corrected chi connectivity index (χ1v) is 9.68. The van der Waals surface area contributed by atoms with Crippen LogP contribution in [0.4, 0.5) is 0 Å².